The van der Waals surface area contributed by atoms with Crippen molar-refractivity contribution in [2.75, 3.05) is 32.9 Å². The molecule has 2 rings (SSSR count). The Morgan fingerprint density at radius 2 is 2.00 bits per heavy atom. The van der Waals surface area contributed by atoms with Gasteiger partial charge in [-0.2, -0.15) is 0 Å². The van der Waals surface area contributed by atoms with Crippen molar-refractivity contribution in [1.82, 2.24) is 4.90 Å². The second-order valence-corrected chi connectivity index (χ2v) is 5.67. The Labute approximate surface area is 136 Å². The number of carboxylic acids is 1. The van der Waals surface area contributed by atoms with Gasteiger partial charge in [0.15, 0.2) is 0 Å². The average molecular weight is 321 g/mol. The normalized spacial score (nSPS) is 20.5. The van der Waals surface area contributed by atoms with Gasteiger partial charge in [0.25, 0.3) is 5.91 Å². The molecular weight excluding hydrogens is 298 g/mol. The van der Waals surface area contributed by atoms with Gasteiger partial charge in [0.2, 0.25) is 0 Å². The van der Waals surface area contributed by atoms with Crippen LogP contribution in [0.1, 0.15) is 24.2 Å². The van der Waals surface area contributed by atoms with Crippen molar-refractivity contribution < 1.29 is 24.2 Å². The van der Waals surface area contributed by atoms with Crippen LogP contribution in [0.25, 0.3) is 0 Å². The fourth-order valence-corrected chi connectivity index (χ4v) is 2.75. The van der Waals surface area contributed by atoms with Gasteiger partial charge in [-0.15, -0.1) is 0 Å². The maximum absolute atomic E-state index is 12.7. The lowest BCUT2D eigenvalue weighted by atomic mass is 9.99. The smallest absolute Gasteiger partial charge is 0.308 e. The minimum absolute atomic E-state index is 0.0533. The Hall–Kier alpha value is -2.08. The van der Waals surface area contributed by atoms with Gasteiger partial charge in [-0.25, -0.2) is 0 Å². The predicted molar refractivity (Wildman–Crippen MR) is 84.6 cm³/mol. The Balaban J connectivity index is 2.06. The lowest BCUT2D eigenvalue weighted by Crippen LogP contribution is -2.30. The highest BCUT2D eigenvalue weighted by atomic mass is 16.5. The quantitative estimate of drug-likeness (QED) is 0.776. The lowest BCUT2D eigenvalue weighted by molar-refractivity contribution is -0.142. The number of likely N-dealkylation sites (tertiary alicyclic amines) is 1. The van der Waals surface area contributed by atoms with Crippen LogP contribution in [0.15, 0.2) is 24.3 Å². The van der Waals surface area contributed by atoms with Gasteiger partial charge in [0.1, 0.15) is 12.4 Å². The van der Waals surface area contributed by atoms with E-state index in [4.69, 9.17) is 9.47 Å². The van der Waals surface area contributed by atoms with Crippen molar-refractivity contribution >= 4 is 11.9 Å². The number of para-hydroxylation sites is 1. The van der Waals surface area contributed by atoms with Crippen molar-refractivity contribution in [2.45, 2.75) is 13.8 Å². The molecule has 1 fully saturated rings. The molecule has 6 nitrogen and oxygen atoms in total. The van der Waals surface area contributed by atoms with E-state index in [9.17, 15) is 14.7 Å². The molecule has 6 heteroatoms. The highest BCUT2D eigenvalue weighted by Gasteiger charge is 2.37. The minimum atomic E-state index is -0.853. The summed E-state index contributed by atoms with van der Waals surface area (Å²) >= 11 is 0. The zero-order chi connectivity index (χ0) is 16.8. The van der Waals surface area contributed by atoms with Gasteiger partial charge in [-0.1, -0.05) is 19.1 Å². The van der Waals surface area contributed by atoms with Crippen LogP contribution < -0.4 is 4.74 Å². The third kappa shape index (κ3) is 4.22. The van der Waals surface area contributed by atoms with Crippen LogP contribution in [0.2, 0.25) is 0 Å². The molecule has 1 aromatic rings. The molecule has 0 saturated carbocycles. The summed E-state index contributed by atoms with van der Waals surface area (Å²) in [6.45, 7) is 5.90. The van der Waals surface area contributed by atoms with Gasteiger partial charge in [0, 0.05) is 19.7 Å². The molecule has 0 radical (unpaired) electrons. The van der Waals surface area contributed by atoms with E-state index in [1.54, 1.807) is 29.2 Å². The van der Waals surface area contributed by atoms with Crippen molar-refractivity contribution in [3.05, 3.63) is 29.8 Å². The van der Waals surface area contributed by atoms with Crippen LogP contribution in [0.3, 0.4) is 0 Å². The van der Waals surface area contributed by atoms with Crippen molar-refractivity contribution in [2.24, 2.45) is 11.8 Å². The summed E-state index contributed by atoms with van der Waals surface area (Å²) in [5.74, 6) is -1.10. The zero-order valence-corrected chi connectivity index (χ0v) is 13.5. The second-order valence-electron chi connectivity index (χ2n) is 5.67. The number of rotatable bonds is 7. The summed E-state index contributed by atoms with van der Waals surface area (Å²) in [7, 11) is 0. The summed E-state index contributed by atoms with van der Waals surface area (Å²) in [4.78, 5) is 25.5. The number of amides is 1. The molecule has 1 heterocycles. The van der Waals surface area contributed by atoms with Crippen molar-refractivity contribution in [3.8, 4) is 5.75 Å². The summed E-state index contributed by atoms with van der Waals surface area (Å²) in [5.41, 5.74) is 0.460. The van der Waals surface area contributed by atoms with Gasteiger partial charge in [-0.05, 0) is 25.0 Å². The monoisotopic (exact) mass is 321 g/mol. The van der Waals surface area contributed by atoms with Crippen LogP contribution in [0, 0.1) is 11.8 Å². The summed E-state index contributed by atoms with van der Waals surface area (Å²) < 4.78 is 10.9. The van der Waals surface area contributed by atoms with E-state index in [1.165, 1.54) is 0 Å². The number of carbonyl (C=O) groups excluding carboxylic acids is 1. The van der Waals surface area contributed by atoms with Crippen LogP contribution >= 0.6 is 0 Å². The summed E-state index contributed by atoms with van der Waals surface area (Å²) in [6.07, 6.45) is 0. The minimum Gasteiger partial charge on any atom is -0.490 e. The number of hydrogen-bond donors (Lipinski definition) is 1. The molecule has 1 saturated heterocycles. The Bertz CT molecular complexity index is 560. The molecule has 23 heavy (non-hydrogen) atoms. The number of carboxylic acid groups (broad SMARTS) is 1. The Kier molecular flexibility index (Phi) is 5.98. The van der Waals surface area contributed by atoms with E-state index >= 15 is 0 Å². The number of ether oxygens (including phenoxy) is 2. The van der Waals surface area contributed by atoms with Crippen molar-refractivity contribution in [3.63, 3.8) is 0 Å². The van der Waals surface area contributed by atoms with E-state index in [0.717, 1.165) is 0 Å². The molecule has 0 spiro atoms. The molecule has 1 amide bonds. The summed E-state index contributed by atoms with van der Waals surface area (Å²) in [6, 6.07) is 7.03. The maximum atomic E-state index is 12.7. The first-order valence-corrected chi connectivity index (χ1v) is 7.86. The first-order valence-electron chi connectivity index (χ1n) is 7.86. The van der Waals surface area contributed by atoms with Gasteiger partial charge in [-0.3, -0.25) is 9.59 Å². The fourth-order valence-electron chi connectivity index (χ4n) is 2.75. The number of benzene rings is 1. The molecule has 2 atom stereocenters. The van der Waals surface area contributed by atoms with Gasteiger partial charge in [0.05, 0.1) is 18.1 Å². The highest BCUT2D eigenvalue weighted by Crippen LogP contribution is 2.27. The van der Waals surface area contributed by atoms with Crippen LogP contribution in [-0.4, -0.2) is 54.8 Å². The van der Waals surface area contributed by atoms with E-state index in [-0.39, 0.29) is 18.4 Å². The molecule has 1 N–H and O–H groups in total. The maximum Gasteiger partial charge on any atom is 0.308 e. The second kappa shape index (κ2) is 7.97. The molecule has 0 aliphatic carbocycles. The summed E-state index contributed by atoms with van der Waals surface area (Å²) in [5, 5.41) is 9.20. The third-order valence-electron chi connectivity index (χ3n) is 4.02. The highest BCUT2D eigenvalue weighted by molar-refractivity contribution is 5.97. The number of hydrogen-bond acceptors (Lipinski definition) is 4. The van der Waals surface area contributed by atoms with Crippen LogP contribution in [-0.2, 0) is 9.53 Å². The zero-order valence-electron chi connectivity index (χ0n) is 13.5. The molecular formula is C17H23NO5. The molecule has 0 unspecified atom stereocenters. The van der Waals surface area contributed by atoms with Crippen molar-refractivity contribution in [1.29, 1.82) is 0 Å². The lowest BCUT2D eigenvalue weighted by Gasteiger charge is -2.18. The SMILES string of the molecule is CCOCCOc1ccccc1C(=O)N1C[C@@H](C)[C@H](C(=O)O)C1. The topological polar surface area (TPSA) is 76.1 Å². The van der Waals surface area contributed by atoms with E-state index < -0.39 is 11.9 Å². The number of carbonyl (C=O) groups is 2. The molecule has 126 valence electrons. The standard InChI is InChI=1S/C17H23NO5/c1-3-22-8-9-23-15-7-5-4-6-13(15)16(19)18-10-12(2)14(11-18)17(20)21/h4-7,12,14H,3,8-11H2,1-2H3,(H,20,21)/t12-,14-/m1/s1. The fraction of sp³-hybridized carbons (Fsp3) is 0.529. The molecule has 1 aliphatic rings. The Morgan fingerprint density at radius 3 is 2.65 bits per heavy atom. The molecule has 0 bridgehead atoms. The van der Waals surface area contributed by atoms with E-state index in [0.29, 0.717) is 37.7 Å². The van der Waals surface area contributed by atoms with Gasteiger partial charge < -0.3 is 19.5 Å². The first kappa shape index (κ1) is 17.3. The van der Waals surface area contributed by atoms with Crippen LogP contribution in [0.5, 0.6) is 5.75 Å². The average Bonchev–Trinajstić information content (AvgIpc) is 2.93. The number of nitrogens with zero attached hydrogens (tertiary/aromatic N) is 1. The number of aliphatic carboxylic acids is 1. The van der Waals surface area contributed by atoms with Crippen LogP contribution in [0.4, 0.5) is 0 Å². The van der Waals surface area contributed by atoms with Gasteiger partial charge >= 0.3 is 5.97 Å². The predicted octanol–water partition coefficient (Wildman–Crippen LogP) is 1.89. The molecule has 1 aromatic carbocycles. The molecule has 1 aliphatic heterocycles. The van der Waals surface area contributed by atoms with E-state index in [1.807, 2.05) is 13.8 Å². The largest absolute Gasteiger partial charge is 0.490 e. The molecule has 0 aromatic heterocycles. The van der Waals surface area contributed by atoms with E-state index in [2.05, 4.69) is 0 Å². The Morgan fingerprint density at radius 1 is 1.26 bits per heavy atom. The first-order chi connectivity index (χ1) is 11.0. The third-order valence-corrected chi connectivity index (χ3v) is 4.02.